The number of hydrogen-bond acceptors (Lipinski definition) is 5. The minimum absolute atomic E-state index is 0.253. The molecule has 0 radical (unpaired) electrons. The molecule has 1 atom stereocenters. The number of hydrogen-bond donors (Lipinski definition) is 2. The molecule has 0 fully saturated rings. The maximum absolute atomic E-state index is 13.3. The number of nitrogens with one attached hydrogen (secondary N) is 2. The van der Waals surface area contributed by atoms with Crippen molar-refractivity contribution in [2.24, 2.45) is 6.98 Å². The van der Waals surface area contributed by atoms with Crippen LogP contribution in [0.2, 0.25) is 0 Å². The molecule has 0 aliphatic carbocycles. The number of alkyl carbamates (subject to hydrolysis) is 1. The molecule has 0 aliphatic rings. The van der Waals surface area contributed by atoms with Crippen molar-refractivity contribution in [2.45, 2.75) is 70.9 Å². The smallest absolute Gasteiger partial charge is 0.435 e. The Kier molecular flexibility index (Phi) is 5.86. The summed E-state index contributed by atoms with van der Waals surface area (Å²) in [4.78, 5) is 25.7. The van der Waals surface area contributed by atoms with E-state index in [0.717, 1.165) is 6.20 Å². The Hall–Kier alpha value is -2.57. The van der Waals surface area contributed by atoms with Gasteiger partial charge in [0, 0.05) is 29.8 Å². The number of carbonyl (C=O) groups excluding carboxylic acids is 2. The Bertz CT molecular complexity index is 1170. The van der Waals surface area contributed by atoms with Crippen LogP contribution in [0.1, 0.15) is 52.7 Å². The highest BCUT2D eigenvalue weighted by Crippen LogP contribution is 2.30. The molecule has 2 heterocycles. The lowest BCUT2D eigenvalue weighted by Crippen LogP contribution is -2.55. The zero-order chi connectivity index (χ0) is 29.5. The molecule has 0 aromatic carbocycles. The third kappa shape index (κ3) is 8.37. The standard InChI is InChI=1S/C20H28BrF3N6O3/c1-18(2,3)33-17(32)26-13(7-12-9-25-29(6)10-12)16(31)27-19(4,5)11-30-15(21)8-14(28-30)20(22,23)24/h8-10,13H,7,11H2,1-6H3,(H,26,32)(H,27,31)/t13-/m1/s1/i6D3,11D2. The van der Waals surface area contributed by atoms with Crippen molar-refractivity contribution in [1.29, 1.82) is 0 Å². The third-order valence-electron chi connectivity index (χ3n) is 3.86. The van der Waals surface area contributed by atoms with E-state index >= 15 is 0 Å². The number of nitrogens with zero attached hydrogens (tertiary/aromatic N) is 4. The van der Waals surface area contributed by atoms with Crippen LogP contribution in [-0.2, 0) is 35.6 Å². The summed E-state index contributed by atoms with van der Waals surface area (Å²) >= 11 is 2.88. The van der Waals surface area contributed by atoms with Crippen molar-refractivity contribution in [3.8, 4) is 0 Å². The quantitative estimate of drug-likeness (QED) is 0.558. The summed E-state index contributed by atoms with van der Waals surface area (Å²) in [6.07, 6.45) is -3.73. The van der Waals surface area contributed by atoms with Gasteiger partial charge in [-0.1, -0.05) is 0 Å². The number of aromatic nitrogens is 4. The van der Waals surface area contributed by atoms with E-state index < -0.39 is 54.5 Å². The second-order valence-electron chi connectivity index (χ2n) is 8.68. The summed E-state index contributed by atoms with van der Waals surface area (Å²) in [7, 11) is 0. The monoisotopic (exact) mass is 541 g/mol. The van der Waals surface area contributed by atoms with Crippen LogP contribution < -0.4 is 10.6 Å². The van der Waals surface area contributed by atoms with Crippen LogP contribution in [0.5, 0.6) is 0 Å². The van der Waals surface area contributed by atoms with E-state index in [1.165, 1.54) is 20.0 Å². The molecule has 0 aliphatic heterocycles. The molecule has 2 rings (SSSR count). The summed E-state index contributed by atoms with van der Waals surface area (Å²) in [5.74, 6) is -0.925. The lowest BCUT2D eigenvalue weighted by Gasteiger charge is -2.30. The molecule has 0 bridgehead atoms. The molecular weight excluding hydrogens is 509 g/mol. The number of aryl methyl sites for hydroxylation is 1. The van der Waals surface area contributed by atoms with Crippen molar-refractivity contribution in [2.75, 3.05) is 0 Å². The topological polar surface area (TPSA) is 103 Å². The van der Waals surface area contributed by atoms with Gasteiger partial charge in [-0.25, -0.2) is 4.79 Å². The van der Waals surface area contributed by atoms with Crippen molar-refractivity contribution in [1.82, 2.24) is 30.2 Å². The van der Waals surface area contributed by atoms with Crippen LogP contribution in [0.4, 0.5) is 18.0 Å². The number of halogens is 4. The number of ether oxygens (including phenoxy) is 1. The van der Waals surface area contributed by atoms with E-state index in [4.69, 9.17) is 11.6 Å². The van der Waals surface area contributed by atoms with E-state index in [-0.39, 0.29) is 16.6 Å². The van der Waals surface area contributed by atoms with Crippen molar-refractivity contribution < 1.29 is 34.4 Å². The Balaban J connectivity index is 2.36. The van der Waals surface area contributed by atoms with Gasteiger partial charge in [-0.05, 0) is 56.1 Å². The SMILES string of the molecule is [2H]C([2H])([2H])n1cc(C[C@@H](NC(=O)OC(C)(C)C)C(=O)NC(C)(C)C([2H])([2H])n2nc(C(F)(F)F)cc2Br)cn1. The summed E-state index contributed by atoms with van der Waals surface area (Å²) in [5, 5.41) is 11.8. The molecule has 0 saturated heterocycles. The number of alkyl halides is 3. The van der Waals surface area contributed by atoms with Gasteiger partial charge in [0.05, 0.1) is 21.0 Å². The van der Waals surface area contributed by atoms with E-state index in [2.05, 4.69) is 36.8 Å². The first kappa shape index (κ1) is 19.9. The molecule has 0 spiro atoms. The van der Waals surface area contributed by atoms with Gasteiger partial charge in [0.25, 0.3) is 0 Å². The maximum Gasteiger partial charge on any atom is 0.435 e. The summed E-state index contributed by atoms with van der Waals surface area (Å²) < 4.78 is 84.6. The largest absolute Gasteiger partial charge is 0.444 e. The van der Waals surface area contributed by atoms with Crippen molar-refractivity contribution in [3.05, 3.63) is 34.3 Å². The maximum atomic E-state index is 13.3. The zero-order valence-electron chi connectivity index (χ0n) is 23.5. The van der Waals surface area contributed by atoms with Crippen LogP contribution in [0.3, 0.4) is 0 Å². The zero-order valence-corrected chi connectivity index (χ0v) is 20.1. The molecule has 2 amide bonds. The van der Waals surface area contributed by atoms with Gasteiger partial charge < -0.3 is 15.4 Å². The molecule has 0 unspecified atom stereocenters. The number of amides is 2. The fourth-order valence-electron chi connectivity index (χ4n) is 2.62. The van der Waals surface area contributed by atoms with Gasteiger partial charge in [0.2, 0.25) is 5.91 Å². The van der Waals surface area contributed by atoms with Gasteiger partial charge in [0.15, 0.2) is 5.69 Å². The minimum atomic E-state index is -4.83. The predicted molar refractivity (Wildman–Crippen MR) is 117 cm³/mol. The molecule has 13 heteroatoms. The van der Waals surface area contributed by atoms with Crippen LogP contribution in [0, 0.1) is 0 Å². The molecule has 33 heavy (non-hydrogen) atoms. The Morgan fingerprint density at radius 2 is 1.97 bits per heavy atom. The molecule has 2 aromatic rings. The minimum Gasteiger partial charge on any atom is -0.444 e. The highest BCUT2D eigenvalue weighted by molar-refractivity contribution is 9.10. The fourth-order valence-corrected chi connectivity index (χ4v) is 3.01. The molecule has 2 N–H and O–H groups in total. The van der Waals surface area contributed by atoms with Crippen molar-refractivity contribution >= 4 is 27.9 Å². The normalized spacial score (nSPS) is 16.6. The van der Waals surface area contributed by atoms with Crippen LogP contribution >= 0.6 is 15.9 Å². The Labute approximate surface area is 205 Å². The van der Waals surface area contributed by atoms with Gasteiger partial charge in [0.1, 0.15) is 16.2 Å². The lowest BCUT2D eigenvalue weighted by molar-refractivity contribution is -0.141. The van der Waals surface area contributed by atoms with Gasteiger partial charge in [-0.3, -0.25) is 14.2 Å². The first-order valence-corrected chi connectivity index (χ1v) is 10.4. The summed E-state index contributed by atoms with van der Waals surface area (Å²) in [6, 6.07) is -0.800. The predicted octanol–water partition coefficient (Wildman–Crippen LogP) is 3.43. The lowest BCUT2D eigenvalue weighted by atomic mass is 10.0. The van der Waals surface area contributed by atoms with Gasteiger partial charge >= 0.3 is 12.3 Å². The first-order chi connectivity index (χ1) is 16.9. The number of carbonyl (C=O) groups is 2. The molecular formula is C20H28BrF3N6O3. The number of rotatable bonds is 7. The molecule has 0 saturated carbocycles. The Morgan fingerprint density at radius 1 is 1.30 bits per heavy atom. The average Bonchev–Trinajstić information content (AvgIpc) is 3.32. The molecule has 2 aromatic heterocycles. The fraction of sp³-hybridized carbons (Fsp3) is 0.600. The van der Waals surface area contributed by atoms with Gasteiger partial charge in [-0.2, -0.15) is 23.4 Å². The second kappa shape index (κ2) is 9.74. The van der Waals surface area contributed by atoms with Crippen molar-refractivity contribution in [3.63, 3.8) is 0 Å². The van der Waals surface area contributed by atoms with E-state index in [9.17, 15) is 22.8 Å². The van der Waals surface area contributed by atoms with E-state index in [0.29, 0.717) is 15.4 Å². The van der Waals surface area contributed by atoms with E-state index in [1.54, 1.807) is 20.8 Å². The third-order valence-corrected chi connectivity index (χ3v) is 4.43. The molecule has 9 nitrogen and oxygen atoms in total. The van der Waals surface area contributed by atoms with Crippen LogP contribution in [0.15, 0.2) is 23.1 Å². The highest BCUT2D eigenvalue weighted by Gasteiger charge is 2.36. The van der Waals surface area contributed by atoms with Crippen LogP contribution in [0.25, 0.3) is 0 Å². The highest BCUT2D eigenvalue weighted by atomic mass is 79.9. The summed E-state index contributed by atoms with van der Waals surface area (Å²) in [6.45, 7) is 1.95. The van der Waals surface area contributed by atoms with Gasteiger partial charge in [-0.15, -0.1) is 0 Å². The van der Waals surface area contributed by atoms with Crippen LogP contribution in [-0.4, -0.2) is 48.7 Å². The second-order valence-corrected chi connectivity index (χ2v) is 9.50. The molecule has 184 valence electrons. The average molecular weight is 542 g/mol. The summed E-state index contributed by atoms with van der Waals surface area (Å²) in [5.41, 5.74) is -3.89. The Morgan fingerprint density at radius 3 is 2.48 bits per heavy atom. The van der Waals surface area contributed by atoms with E-state index in [1.807, 2.05) is 0 Å². The first-order valence-electron chi connectivity index (χ1n) is 12.1.